The second-order valence-electron chi connectivity index (χ2n) is 9.72. The van der Waals surface area contributed by atoms with E-state index < -0.39 is 0 Å². The molecule has 0 bridgehead atoms. The SMILES string of the molecule is Cc1nn(C)cc1-c1ccccc1-c1nc2cc(C(=O)NC[C@H]3C[C@@H](O)C3(C)C)ccn2c1Cl. The summed E-state index contributed by atoms with van der Waals surface area (Å²) in [5.41, 5.74) is 5.46. The highest BCUT2D eigenvalue weighted by molar-refractivity contribution is 6.32. The van der Waals surface area contributed by atoms with Crippen LogP contribution in [0.3, 0.4) is 0 Å². The lowest BCUT2D eigenvalue weighted by molar-refractivity contribution is -0.0957. The molecule has 3 heterocycles. The highest BCUT2D eigenvalue weighted by atomic mass is 35.5. The number of nitrogens with zero attached hydrogens (tertiary/aromatic N) is 4. The molecule has 0 saturated heterocycles. The maximum Gasteiger partial charge on any atom is 0.251 e. The van der Waals surface area contributed by atoms with Gasteiger partial charge < -0.3 is 10.4 Å². The van der Waals surface area contributed by atoms with Gasteiger partial charge in [-0.05, 0) is 42.4 Å². The Bertz CT molecular complexity index is 1400. The molecular weight excluding hydrogens is 450 g/mol. The number of pyridine rings is 1. The molecule has 2 N–H and O–H groups in total. The van der Waals surface area contributed by atoms with E-state index in [1.807, 2.05) is 58.3 Å². The Kier molecular flexibility index (Phi) is 5.49. The first-order valence-electron chi connectivity index (χ1n) is 11.4. The molecule has 176 valence electrons. The number of carbonyl (C=O) groups is 1. The van der Waals surface area contributed by atoms with Crippen LogP contribution in [0.15, 0.2) is 48.8 Å². The van der Waals surface area contributed by atoms with Gasteiger partial charge in [-0.2, -0.15) is 5.10 Å². The smallest absolute Gasteiger partial charge is 0.251 e. The van der Waals surface area contributed by atoms with Crippen LogP contribution in [0.25, 0.3) is 28.0 Å². The third-order valence-corrected chi connectivity index (χ3v) is 7.60. The molecule has 1 aliphatic carbocycles. The van der Waals surface area contributed by atoms with Crippen LogP contribution in [0.4, 0.5) is 0 Å². The van der Waals surface area contributed by atoms with Crippen LogP contribution in [-0.4, -0.2) is 42.8 Å². The van der Waals surface area contributed by atoms with Gasteiger partial charge in [-0.3, -0.25) is 13.9 Å². The first-order valence-corrected chi connectivity index (χ1v) is 11.8. The molecule has 0 spiro atoms. The lowest BCUT2D eigenvalue weighted by Gasteiger charge is -2.49. The molecule has 4 aromatic rings. The van der Waals surface area contributed by atoms with Crippen molar-refractivity contribution in [3.8, 4) is 22.4 Å². The third kappa shape index (κ3) is 3.69. The molecule has 1 amide bonds. The number of nitrogens with one attached hydrogen (secondary N) is 1. The maximum atomic E-state index is 12.8. The monoisotopic (exact) mass is 477 g/mol. The van der Waals surface area contributed by atoms with Crippen molar-refractivity contribution in [2.24, 2.45) is 18.4 Å². The van der Waals surface area contributed by atoms with Crippen molar-refractivity contribution >= 4 is 23.2 Å². The van der Waals surface area contributed by atoms with Crippen LogP contribution < -0.4 is 5.32 Å². The average molecular weight is 478 g/mol. The minimum absolute atomic E-state index is 0.160. The Morgan fingerprint density at radius 3 is 2.62 bits per heavy atom. The summed E-state index contributed by atoms with van der Waals surface area (Å²) in [7, 11) is 1.90. The molecule has 7 nitrogen and oxygen atoms in total. The van der Waals surface area contributed by atoms with Gasteiger partial charge in [0.05, 0.1) is 11.8 Å². The fourth-order valence-corrected chi connectivity index (χ4v) is 5.06. The molecule has 8 heteroatoms. The van der Waals surface area contributed by atoms with Crippen molar-refractivity contribution in [2.75, 3.05) is 6.54 Å². The van der Waals surface area contributed by atoms with Gasteiger partial charge in [0.1, 0.15) is 16.5 Å². The Hall–Kier alpha value is -3.16. The van der Waals surface area contributed by atoms with E-state index in [2.05, 4.69) is 10.4 Å². The lowest BCUT2D eigenvalue weighted by atomic mass is 9.60. The number of aliphatic hydroxyl groups is 1. The molecular formula is C26H28ClN5O2. The first kappa shape index (κ1) is 22.6. The number of rotatable bonds is 5. The number of fused-ring (bicyclic) bond motifs is 1. The van der Waals surface area contributed by atoms with Crippen LogP contribution in [0, 0.1) is 18.3 Å². The molecule has 5 rings (SSSR count). The van der Waals surface area contributed by atoms with Gasteiger partial charge in [0.15, 0.2) is 0 Å². The van der Waals surface area contributed by atoms with E-state index >= 15 is 0 Å². The van der Waals surface area contributed by atoms with Gasteiger partial charge in [0, 0.05) is 42.7 Å². The zero-order valence-corrected chi connectivity index (χ0v) is 20.5. The van der Waals surface area contributed by atoms with E-state index in [0.717, 1.165) is 22.4 Å². The van der Waals surface area contributed by atoms with Crippen LogP contribution in [0.1, 0.15) is 36.3 Å². The number of carbonyl (C=O) groups excluding carboxylic acids is 1. The molecule has 0 radical (unpaired) electrons. The van der Waals surface area contributed by atoms with Crippen molar-refractivity contribution < 1.29 is 9.90 Å². The fourth-order valence-electron chi connectivity index (χ4n) is 4.77. The lowest BCUT2D eigenvalue weighted by Crippen LogP contribution is -2.53. The predicted molar refractivity (Wildman–Crippen MR) is 133 cm³/mol. The summed E-state index contributed by atoms with van der Waals surface area (Å²) in [6.07, 6.45) is 4.16. The number of amides is 1. The standard InChI is InChI=1S/C26H28ClN5O2/c1-15-20(14-31(4)30-15)18-7-5-6-8-19(18)23-24(27)32-10-9-16(11-22(32)29-23)25(34)28-13-17-12-21(33)26(17,2)3/h5-11,14,17,21,33H,12-13H2,1-4H3,(H,28,34)/t17-,21-/m1/s1. The highest BCUT2D eigenvalue weighted by Crippen LogP contribution is 2.45. The van der Waals surface area contributed by atoms with Gasteiger partial charge in [-0.25, -0.2) is 4.98 Å². The van der Waals surface area contributed by atoms with Crippen molar-refractivity contribution in [3.63, 3.8) is 0 Å². The quantitative estimate of drug-likeness (QED) is 0.443. The predicted octanol–water partition coefficient (Wildman–Crippen LogP) is 4.50. The summed E-state index contributed by atoms with van der Waals surface area (Å²) in [4.78, 5) is 17.6. The van der Waals surface area contributed by atoms with Crippen molar-refractivity contribution in [1.82, 2.24) is 24.5 Å². The summed E-state index contributed by atoms with van der Waals surface area (Å²) >= 11 is 6.76. The van der Waals surface area contributed by atoms with Gasteiger partial charge in [-0.15, -0.1) is 0 Å². The second-order valence-corrected chi connectivity index (χ2v) is 10.1. The number of halogens is 1. The highest BCUT2D eigenvalue weighted by Gasteiger charge is 2.46. The number of aryl methyl sites for hydroxylation is 2. The van der Waals surface area contributed by atoms with Gasteiger partial charge in [0.25, 0.3) is 5.91 Å². The molecule has 1 aromatic carbocycles. The number of hydrogen-bond acceptors (Lipinski definition) is 4. The molecule has 34 heavy (non-hydrogen) atoms. The van der Waals surface area contributed by atoms with E-state index in [4.69, 9.17) is 16.6 Å². The minimum Gasteiger partial charge on any atom is -0.393 e. The van der Waals surface area contributed by atoms with Crippen LogP contribution in [-0.2, 0) is 7.05 Å². The molecule has 0 unspecified atom stereocenters. The van der Waals surface area contributed by atoms with Gasteiger partial charge in [0.2, 0.25) is 0 Å². The van der Waals surface area contributed by atoms with E-state index in [-0.39, 0.29) is 23.3 Å². The molecule has 1 aliphatic rings. The molecule has 1 saturated carbocycles. The summed E-state index contributed by atoms with van der Waals surface area (Å²) in [6.45, 7) is 6.58. The largest absolute Gasteiger partial charge is 0.393 e. The van der Waals surface area contributed by atoms with Gasteiger partial charge in [-0.1, -0.05) is 49.7 Å². The summed E-state index contributed by atoms with van der Waals surface area (Å²) < 4.78 is 3.58. The molecule has 0 aliphatic heterocycles. The van der Waals surface area contributed by atoms with Crippen molar-refractivity contribution in [2.45, 2.75) is 33.3 Å². The zero-order chi connectivity index (χ0) is 24.2. The van der Waals surface area contributed by atoms with Crippen LogP contribution in [0.5, 0.6) is 0 Å². The Labute approximate surface area is 203 Å². The van der Waals surface area contributed by atoms with Crippen molar-refractivity contribution in [3.05, 3.63) is 65.2 Å². The number of hydrogen-bond donors (Lipinski definition) is 2. The number of imidazole rings is 1. The van der Waals surface area contributed by atoms with Crippen molar-refractivity contribution in [1.29, 1.82) is 0 Å². The van der Waals surface area contributed by atoms with Crippen LogP contribution in [0.2, 0.25) is 5.15 Å². The third-order valence-electron chi connectivity index (χ3n) is 7.24. The van der Waals surface area contributed by atoms with E-state index in [1.165, 1.54) is 0 Å². The average Bonchev–Trinajstić information content (AvgIpc) is 3.33. The van der Waals surface area contributed by atoms with E-state index in [0.29, 0.717) is 35.0 Å². The first-order chi connectivity index (χ1) is 16.2. The Morgan fingerprint density at radius 1 is 1.24 bits per heavy atom. The summed E-state index contributed by atoms with van der Waals surface area (Å²) in [5.74, 6) is 0.0989. The fraction of sp³-hybridized carbons (Fsp3) is 0.346. The Balaban J connectivity index is 1.45. The second kappa shape index (κ2) is 8.25. The van der Waals surface area contributed by atoms with Crippen LogP contribution >= 0.6 is 11.6 Å². The van der Waals surface area contributed by atoms with E-state index in [9.17, 15) is 9.90 Å². The molecule has 1 fully saturated rings. The minimum atomic E-state index is -0.311. The number of benzene rings is 1. The topological polar surface area (TPSA) is 84.5 Å². The maximum absolute atomic E-state index is 12.8. The number of aromatic nitrogens is 4. The number of aliphatic hydroxyl groups excluding tert-OH is 1. The van der Waals surface area contributed by atoms with Gasteiger partial charge >= 0.3 is 0 Å². The molecule has 2 atom stereocenters. The summed E-state index contributed by atoms with van der Waals surface area (Å²) in [6, 6.07) is 11.5. The zero-order valence-electron chi connectivity index (χ0n) is 19.7. The molecule has 3 aromatic heterocycles. The summed E-state index contributed by atoms with van der Waals surface area (Å²) in [5, 5.41) is 17.9. The van der Waals surface area contributed by atoms with E-state index in [1.54, 1.807) is 27.4 Å². The Morgan fingerprint density at radius 2 is 1.97 bits per heavy atom. The normalized spacial score (nSPS) is 19.2.